The van der Waals surface area contributed by atoms with Crippen LogP contribution >= 0.6 is 0 Å². The average Bonchev–Trinajstić information content (AvgIpc) is 3.62. The van der Waals surface area contributed by atoms with E-state index in [1.54, 1.807) is 90.1 Å². The average molecular weight is 933 g/mol. The number of ether oxygens (including phenoxy) is 8. The van der Waals surface area contributed by atoms with Gasteiger partial charge in [-0.3, -0.25) is 9.59 Å². The number of amides is 2. The first-order valence-corrected chi connectivity index (χ1v) is 22.3. The standard InChI is InChI=1S/C49H60N2O16/c1-25-31-35(62-43(58)51(9)10)37(54)47(8)30(60-11)24-29-22-23-48(29,65-26(2)52)36(47)39(63-40(55)28-20-16-13-17-21-28)49(46(31,6)7)38(64-44(59)67-49)34(25)61-41(56)33(53)32(27-18-14-12-15-19-27)50-42(57)66-45(3,4)5/h12-21,29-30,32-36,38-39,53H,22-24H2,1-11H3,(H,50,57)/t29-,30+,32+,33-,34-,35-,36+,38+,39+,47-,48+,49-/m1/s1. The van der Waals surface area contributed by atoms with Crippen molar-refractivity contribution in [1.82, 2.24) is 10.2 Å². The summed E-state index contributed by atoms with van der Waals surface area (Å²) >= 11 is 0. The Kier molecular flexibility index (Phi) is 12.8. The molecule has 5 aliphatic rings. The number of fused-ring (bicyclic) bond motifs is 4. The maximum Gasteiger partial charge on any atom is 0.509 e. The molecule has 18 nitrogen and oxygen atoms in total. The van der Waals surface area contributed by atoms with E-state index in [2.05, 4.69) is 5.32 Å². The number of esters is 3. The number of Topliss-reactive ketones (excluding diaryl/α,β-unsaturated/α-hetero) is 1. The van der Waals surface area contributed by atoms with Crippen LogP contribution in [0.3, 0.4) is 0 Å². The lowest BCUT2D eigenvalue weighted by Crippen LogP contribution is -2.81. The van der Waals surface area contributed by atoms with Gasteiger partial charge >= 0.3 is 36.2 Å². The Morgan fingerprint density at radius 3 is 2.10 bits per heavy atom. The number of aliphatic hydroxyl groups excluding tert-OH is 1. The third-order valence-electron chi connectivity index (χ3n) is 14.4. The molecule has 12 atom stereocenters. The lowest BCUT2D eigenvalue weighted by atomic mass is 9.40. The largest absolute Gasteiger partial charge is 0.509 e. The predicted octanol–water partition coefficient (Wildman–Crippen LogP) is 5.78. The zero-order valence-corrected chi connectivity index (χ0v) is 39.6. The van der Waals surface area contributed by atoms with E-state index in [0.29, 0.717) is 12.0 Å². The van der Waals surface area contributed by atoms with Gasteiger partial charge in [-0.1, -0.05) is 62.4 Å². The second-order valence-electron chi connectivity index (χ2n) is 20.0. The lowest BCUT2D eigenvalue weighted by molar-refractivity contribution is -0.298. The molecule has 2 aromatic rings. The quantitative estimate of drug-likeness (QED) is 0.163. The molecule has 3 saturated carbocycles. The van der Waals surface area contributed by atoms with Crippen LogP contribution < -0.4 is 5.32 Å². The fraction of sp³-hybridized carbons (Fsp3) is 0.571. The topological polar surface area (TPSA) is 229 Å². The first-order chi connectivity index (χ1) is 31.3. The highest BCUT2D eigenvalue weighted by molar-refractivity contribution is 5.96. The Morgan fingerprint density at radius 1 is 0.925 bits per heavy atom. The van der Waals surface area contributed by atoms with E-state index in [1.807, 2.05) is 0 Å². The van der Waals surface area contributed by atoms with Crippen molar-refractivity contribution < 1.29 is 76.6 Å². The van der Waals surface area contributed by atoms with Gasteiger partial charge in [0.05, 0.1) is 29.0 Å². The zero-order chi connectivity index (χ0) is 49.2. The van der Waals surface area contributed by atoms with Crippen molar-refractivity contribution in [2.75, 3.05) is 21.2 Å². The smallest absolute Gasteiger partial charge is 0.458 e. The molecule has 18 heteroatoms. The Morgan fingerprint density at radius 2 is 1.55 bits per heavy atom. The van der Waals surface area contributed by atoms with Crippen LogP contribution in [0.5, 0.6) is 0 Å². The number of benzene rings is 2. The Hall–Kier alpha value is -6.01. The summed E-state index contributed by atoms with van der Waals surface area (Å²) in [6, 6.07) is 14.6. The summed E-state index contributed by atoms with van der Waals surface area (Å²) < 4.78 is 49.7. The number of nitrogens with one attached hydrogen (secondary N) is 1. The first kappa shape index (κ1) is 48.9. The molecule has 7 rings (SSSR count). The lowest BCUT2D eigenvalue weighted by Gasteiger charge is -2.68. The highest BCUT2D eigenvalue weighted by atomic mass is 16.8. The molecule has 4 fully saturated rings. The minimum absolute atomic E-state index is 0.00795. The van der Waals surface area contributed by atoms with Crippen molar-refractivity contribution in [1.29, 1.82) is 0 Å². The van der Waals surface area contributed by atoms with Gasteiger partial charge in [0, 0.05) is 39.5 Å². The van der Waals surface area contributed by atoms with E-state index < -0.39 is 124 Å². The first-order valence-electron chi connectivity index (χ1n) is 22.3. The Bertz CT molecular complexity index is 2340. The number of aliphatic hydroxyl groups is 1. The molecule has 0 radical (unpaired) electrons. The molecule has 2 amide bonds. The summed E-state index contributed by atoms with van der Waals surface area (Å²) in [6.45, 7) is 12.4. The highest BCUT2D eigenvalue weighted by Gasteiger charge is 2.83. The molecular weight excluding hydrogens is 873 g/mol. The van der Waals surface area contributed by atoms with E-state index in [9.17, 15) is 33.9 Å². The van der Waals surface area contributed by atoms with Gasteiger partial charge < -0.3 is 53.2 Å². The molecule has 362 valence electrons. The molecule has 67 heavy (non-hydrogen) atoms. The monoisotopic (exact) mass is 932 g/mol. The molecular formula is C49H60N2O16. The maximum absolute atomic E-state index is 16.1. The van der Waals surface area contributed by atoms with Crippen molar-refractivity contribution in [3.05, 3.63) is 82.9 Å². The molecule has 4 aliphatic carbocycles. The molecule has 1 aliphatic heterocycles. The van der Waals surface area contributed by atoms with Crippen molar-refractivity contribution in [2.45, 2.75) is 134 Å². The van der Waals surface area contributed by atoms with Gasteiger partial charge in [0.2, 0.25) is 5.60 Å². The number of alkyl carbamates (subject to hydrolysis) is 1. The number of ketones is 1. The number of carbonyl (C=O) groups is 7. The van der Waals surface area contributed by atoms with Crippen molar-refractivity contribution in [3.8, 4) is 0 Å². The second-order valence-corrected chi connectivity index (χ2v) is 20.0. The molecule has 1 heterocycles. The second kappa shape index (κ2) is 17.6. The number of nitrogens with zero attached hydrogens (tertiary/aromatic N) is 1. The summed E-state index contributed by atoms with van der Waals surface area (Å²) in [7, 11) is 4.26. The van der Waals surface area contributed by atoms with Crippen LogP contribution in [0.25, 0.3) is 0 Å². The summed E-state index contributed by atoms with van der Waals surface area (Å²) in [5.41, 5.74) is -7.96. The van der Waals surface area contributed by atoms with E-state index in [1.165, 1.54) is 47.2 Å². The molecule has 2 N–H and O–H groups in total. The fourth-order valence-electron chi connectivity index (χ4n) is 11.4. The van der Waals surface area contributed by atoms with Gasteiger partial charge in [-0.25, -0.2) is 24.0 Å². The van der Waals surface area contributed by atoms with Gasteiger partial charge in [-0.15, -0.1) is 0 Å². The Labute approximate surface area is 388 Å². The molecule has 0 aromatic heterocycles. The molecule has 1 spiro atoms. The van der Waals surface area contributed by atoms with E-state index in [0.717, 1.165) is 4.90 Å². The Balaban J connectivity index is 1.49. The van der Waals surface area contributed by atoms with Gasteiger partial charge in [0.15, 0.2) is 36.3 Å². The van der Waals surface area contributed by atoms with Crippen LogP contribution in [0.15, 0.2) is 71.8 Å². The van der Waals surface area contributed by atoms with Crippen LogP contribution in [-0.4, -0.2) is 127 Å². The minimum atomic E-state index is -2.30. The van der Waals surface area contributed by atoms with Gasteiger partial charge in [0.25, 0.3) is 0 Å². The third kappa shape index (κ3) is 8.08. The van der Waals surface area contributed by atoms with Crippen LogP contribution in [0.4, 0.5) is 14.4 Å². The van der Waals surface area contributed by atoms with Crippen LogP contribution in [0.1, 0.15) is 96.6 Å². The van der Waals surface area contributed by atoms with Gasteiger partial charge in [-0.2, -0.15) is 0 Å². The molecule has 0 unspecified atom stereocenters. The SMILES string of the molecule is CO[C@H]1C[C@H]2CC[C@@]2(OC(C)=O)[C@H]2[C@H](OC(=O)c3ccccc3)[C@]34OC(=O)O[C@H]3[C@H](OC(=O)[C@H](O)[C@@H](NC(=O)OC(C)(C)C)c3ccccc3)C(C)=C([C@@H](OC(=O)N(C)C)C(=O)[C@]12C)C4(C)C. The summed E-state index contributed by atoms with van der Waals surface area (Å²) in [4.78, 5) is 101. The van der Waals surface area contributed by atoms with E-state index in [4.69, 9.17) is 37.9 Å². The minimum Gasteiger partial charge on any atom is -0.458 e. The number of hydrogen-bond acceptors (Lipinski definition) is 16. The van der Waals surface area contributed by atoms with E-state index in [-0.39, 0.29) is 29.6 Å². The normalized spacial score (nSPS) is 32.3. The summed E-state index contributed by atoms with van der Waals surface area (Å²) in [6.07, 6.45) is -12.5. The van der Waals surface area contributed by atoms with Gasteiger partial charge in [0.1, 0.15) is 11.2 Å². The van der Waals surface area contributed by atoms with E-state index >= 15 is 4.79 Å². The number of rotatable bonds is 10. The van der Waals surface area contributed by atoms with Crippen LogP contribution in [0, 0.1) is 22.7 Å². The van der Waals surface area contributed by atoms with Crippen LogP contribution in [0.2, 0.25) is 0 Å². The summed E-state index contributed by atoms with van der Waals surface area (Å²) in [5, 5.41) is 14.5. The zero-order valence-electron chi connectivity index (χ0n) is 39.6. The van der Waals surface area contributed by atoms with Crippen molar-refractivity contribution in [2.24, 2.45) is 22.7 Å². The predicted molar refractivity (Wildman–Crippen MR) is 234 cm³/mol. The van der Waals surface area contributed by atoms with Crippen molar-refractivity contribution >= 4 is 42.0 Å². The fourth-order valence-corrected chi connectivity index (χ4v) is 11.4. The number of methoxy groups -OCH3 is 1. The molecule has 2 aromatic carbocycles. The molecule has 1 saturated heterocycles. The van der Waals surface area contributed by atoms with Gasteiger partial charge in [-0.05, 0) is 82.7 Å². The highest BCUT2D eigenvalue weighted by Crippen LogP contribution is 2.69. The van der Waals surface area contributed by atoms with Crippen molar-refractivity contribution in [3.63, 3.8) is 0 Å². The third-order valence-corrected chi connectivity index (χ3v) is 14.4. The number of hydrogen-bond donors (Lipinski definition) is 2. The number of carbonyl (C=O) groups excluding carboxylic acids is 7. The summed E-state index contributed by atoms with van der Waals surface area (Å²) in [5.74, 6) is -5.56. The maximum atomic E-state index is 16.1. The molecule has 2 bridgehead atoms. The van der Waals surface area contributed by atoms with Crippen LogP contribution in [-0.2, 0) is 52.3 Å².